The largest absolute Gasteiger partial charge is 0.442 e. The average molecular weight is 611 g/mol. The van der Waals surface area contributed by atoms with E-state index in [1.165, 1.54) is 4.31 Å². The van der Waals surface area contributed by atoms with Gasteiger partial charge in [0.15, 0.2) is 0 Å². The molecule has 0 atom stereocenters. The van der Waals surface area contributed by atoms with Crippen LogP contribution in [-0.2, 0) is 25.1 Å². The number of piperazine rings is 1. The minimum absolute atomic E-state index is 0.229. The van der Waals surface area contributed by atoms with Crippen molar-refractivity contribution in [3.8, 4) is 0 Å². The van der Waals surface area contributed by atoms with Crippen molar-refractivity contribution in [3.05, 3.63) is 36.5 Å². The van der Waals surface area contributed by atoms with Gasteiger partial charge in [-0.05, 0) is 71.0 Å². The number of carbonyl (C=O) groups excluding carboxylic acids is 2. The highest BCUT2D eigenvalue weighted by molar-refractivity contribution is 7.89. The van der Waals surface area contributed by atoms with Crippen molar-refractivity contribution in [2.24, 2.45) is 0 Å². The number of hydrogen-bond donors (Lipinski definition) is 2. The number of benzene rings is 1. The zero-order valence-electron chi connectivity index (χ0n) is 25.0. The summed E-state index contributed by atoms with van der Waals surface area (Å²) in [6, 6.07) is 8.31. The molecule has 1 saturated heterocycles. The maximum absolute atomic E-state index is 13.7. The first-order chi connectivity index (χ1) is 20.4. The Bertz CT molecular complexity index is 1650. The number of anilines is 3. The summed E-state index contributed by atoms with van der Waals surface area (Å²) in [6.07, 6.45) is 4.98. The molecule has 0 bridgehead atoms. The molecule has 6 rings (SSSR count). The van der Waals surface area contributed by atoms with Gasteiger partial charge in [0.2, 0.25) is 16.0 Å². The van der Waals surface area contributed by atoms with Crippen LogP contribution in [0.2, 0.25) is 0 Å². The summed E-state index contributed by atoms with van der Waals surface area (Å²) >= 11 is 0. The topological polar surface area (TPSA) is 142 Å². The fourth-order valence-electron chi connectivity index (χ4n) is 6.04. The van der Waals surface area contributed by atoms with Gasteiger partial charge in [0.25, 0.3) is 5.91 Å². The lowest BCUT2D eigenvalue weighted by Gasteiger charge is -2.44. The number of sulfonamides is 1. The minimum Gasteiger partial charge on any atom is -0.442 e. The Morgan fingerprint density at radius 1 is 1.05 bits per heavy atom. The molecule has 0 unspecified atom stereocenters. The molecular weight excluding hydrogens is 572 g/mol. The zero-order chi connectivity index (χ0) is 30.6. The van der Waals surface area contributed by atoms with Gasteiger partial charge in [0, 0.05) is 43.4 Å². The number of carbonyl (C=O) groups is 2. The van der Waals surface area contributed by atoms with E-state index in [1.807, 2.05) is 11.6 Å². The Hall–Kier alpha value is -3.75. The molecular formula is C29H38N8O5S. The summed E-state index contributed by atoms with van der Waals surface area (Å²) in [5.41, 5.74) is 2.28. The van der Waals surface area contributed by atoms with Gasteiger partial charge in [-0.3, -0.25) is 14.8 Å². The second-order valence-corrected chi connectivity index (χ2v) is 14.5. The number of amides is 2. The fraction of sp³-hybridized carbons (Fsp3) is 0.517. The van der Waals surface area contributed by atoms with E-state index in [1.54, 1.807) is 57.3 Å². The number of nitrogens with one attached hydrogen (secondary N) is 2. The van der Waals surface area contributed by atoms with Crippen molar-refractivity contribution in [2.45, 2.75) is 68.9 Å². The Balaban J connectivity index is 1.32. The van der Waals surface area contributed by atoms with E-state index in [2.05, 4.69) is 20.6 Å². The van der Waals surface area contributed by atoms with Gasteiger partial charge in [-0.1, -0.05) is 19.3 Å². The molecule has 230 valence electrons. The molecule has 4 heterocycles. The van der Waals surface area contributed by atoms with Crippen LogP contribution >= 0.6 is 0 Å². The molecule has 14 heteroatoms. The van der Waals surface area contributed by atoms with Gasteiger partial charge in [0.1, 0.15) is 22.6 Å². The summed E-state index contributed by atoms with van der Waals surface area (Å²) in [4.78, 5) is 38.5. The number of aromatic nitrogens is 3. The molecule has 1 saturated carbocycles. The Labute approximate surface area is 251 Å². The van der Waals surface area contributed by atoms with Crippen molar-refractivity contribution in [1.29, 1.82) is 0 Å². The minimum atomic E-state index is -3.59. The molecule has 3 aliphatic rings. The lowest BCUT2D eigenvalue weighted by atomic mass is 9.80. The van der Waals surface area contributed by atoms with Crippen molar-refractivity contribution in [1.82, 2.24) is 29.2 Å². The van der Waals surface area contributed by atoms with E-state index in [0.29, 0.717) is 61.6 Å². The summed E-state index contributed by atoms with van der Waals surface area (Å²) in [7, 11) is -1.61. The van der Waals surface area contributed by atoms with E-state index in [0.717, 1.165) is 24.3 Å². The fourth-order valence-corrected chi connectivity index (χ4v) is 7.46. The van der Waals surface area contributed by atoms with Crippen LogP contribution in [0.4, 0.5) is 22.2 Å². The van der Waals surface area contributed by atoms with Crippen LogP contribution in [0, 0.1) is 0 Å². The number of likely N-dealkylation sites (N-methyl/N-ethyl adjacent to an activating group) is 1. The van der Waals surface area contributed by atoms with Gasteiger partial charge in [-0.15, -0.1) is 0 Å². The van der Waals surface area contributed by atoms with Crippen molar-refractivity contribution in [3.63, 3.8) is 0 Å². The van der Waals surface area contributed by atoms with Crippen LogP contribution < -0.4 is 15.8 Å². The third-order valence-electron chi connectivity index (χ3n) is 8.28. The normalized spacial score (nSPS) is 19.7. The van der Waals surface area contributed by atoms with Gasteiger partial charge < -0.3 is 15.0 Å². The summed E-state index contributed by atoms with van der Waals surface area (Å²) in [5.74, 6) is 0.479. The number of fused-ring (bicyclic) bond motifs is 4. The van der Waals surface area contributed by atoms with Crippen molar-refractivity contribution in [2.75, 3.05) is 43.6 Å². The second-order valence-electron chi connectivity index (χ2n) is 12.5. The van der Waals surface area contributed by atoms with Gasteiger partial charge in [0.05, 0.1) is 4.90 Å². The number of hydrogen-bond acceptors (Lipinski definition) is 9. The Morgan fingerprint density at radius 3 is 2.37 bits per heavy atom. The van der Waals surface area contributed by atoms with E-state index in [9.17, 15) is 18.0 Å². The summed E-state index contributed by atoms with van der Waals surface area (Å²) < 4.78 is 35.2. The molecule has 43 heavy (non-hydrogen) atoms. The molecule has 2 amide bonds. The molecule has 1 aliphatic carbocycles. The smallest absolute Gasteiger partial charge is 0.435 e. The third kappa shape index (κ3) is 5.43. The van der Waals surface area contributed by atoms with Crippen LogP contribution in [0.3, 0.4) is 0 Å². The van der Waals surface area contributed by atoms with Crippen molar-refractivity contribution >= 4 is 50.5 Å². The Kier molecular flexibility index (Phi) is 7.33. The monoisotopic (exact) mass is 610 g/mol. The third-order valence-corrected chi connectivity index (χ3v) is 10.2. The number of nitrogens with zero attached hydrogens (tertiary/aromatic N) is 6. The first-order valence-electron chi connectivity index (χ1n) is 14.7. The first-order valence-corrected chi connectivity index (χ1v) is 16.1. The zero-order valence-corrected chi connectivity index (χ0v) is 25.8. The van der Waals surface area contributed by atoms with Gasteiger partial charge >= 0.3 is 6.09 Å². The van der Waals surface area contributed by atoms with Crippen LogP contribution in [0.1, 0.15) is 52.9 Å². The lowest BCUT2D eigenvalue weighted by molar-refractivity contribution is -0.133. The SMILES string of the molecule is CN1CCN(S(=O)(=O)c2ccc(Nc3ncc4cc5n(c4n3)C3(CCCCC3)C(=O)NN5C(=O)OC(C)(C)C)cc2)CC1. The predicted octanol–water partition coefficient (Wildman–Crippen LogP) is 3.56. The van der Waals surface area contributed by atoms with E-state index in [4.69, 9.17) is 9.72 Å². The molecule has 13 nitrogen and oxygen atoms in total. The highest BCUT2D eigenvalue weighted by Gasteiger charge is 2.50. The maximum Gasteiger partial charge on any atom is 0.435 e. The molecule has 1 spiro atoms. The van der Waals surface area contributed by atoms with Crippen LogP contribution in [0.5, 0.6) is 0 Å². The molecule has 0 radical (unpaired) electrons. The molecule has 2 aliphatic heterocycles. The maximum atomic E-state index is 13.7. The highest BCUT2D eigenvalue weighted by Crippen LogP contribution is 2.44. The molecule has 2 aromatic heterocycles. The van der Waals surface area contributed by atoms with Crippen LogP contribution in [0.15, 0.2) is 41.4 Å². The number of ether oxygens (including phenoxy) is 1. The van der Waals surface area contributed by atoms with E-state index >= 15 is 0 Å². The second kappa shape index (κ2) is 10.8. The van der Waals surface area contributed by atoms with Gasteiger partial charge in [-0.25, -0.2) is 18.2 Å². The standard InChI is InChI=1S/C29H38N8O5S/c1-28(2,3)42-27(39)37-23-18-20-19-30-26(32-24(20)36(23)29(25(38)33-37)12-6-5-7-13-29)31-21-8-10-22(11-9-21)43(40,41)35-16-14-34(4)15-17-35/h8-11,18-19H,5-7,12-17H2,1-4H3,(H,33,38)(H,30,31,32). The predicted molar refractivity (Wildman–Crippen MR) is 161 cm³/mol. The quantitative estimate of drug-likeness (QED) is 0.454. The first kappa shape index (κ1) is 29.3. The molecule has 2 N–H and O–H groups in total. The lowest BCUT2D eigenvalue weighted by Crippen LogP contribution is -2.62. The average Bonchev–Trinajstić information content (AvgIpc) is 3.35. The van der Waals surface area contributed by atoms with Crippen molar-refractivity contribution < 1.29 is 22.7 Å². The van der Waals surface area contributed by atoms with Gasteiger partial charge in [-0.2, -0.15) is 14.3 Å². The molecule has 3 aromatic rings. The molecule has 1 aromatic carbocycles. The highest BCUT2D eigenvalue weighted by atomic mass is 32.2. The number of rotatable bonds is 4. The summed E-state index contributed by atoms with van der Waals surface area (Å²) in [6.45, 7) is 7.62. The summed E-state index contributed by atoms with van der Waals surface area (Å²) in [5, 5.41) is 4.99. The van der Waals surface area contributed by atoms with Crippen LogP contribution in [-0.4, -0.2) is 83.0 Å². The Morgan fingerprint density at radius 2 is 1.72 bits per heavy atom. The van der Waals surface area contributed by atoms with E-state index < -0.39 is 27.3 Å². The number of hydrazine groups is 1. The molecule has 2 fully saturated rings. The van der Waals surface area contributed by atoms with E-state index in [-0.39, 0.29) is 16.8 Å². The van der Waals surface area contributed by atoms with Crippen LogP contribution in [0.25, 0.3) is 11.0 Å².